The van der Waals surface area contributed by atoms with Crippen LogP contribution in [0.3, 0.4) is 0 Å². The van der Waals surface area contributed by atoms with Gasteiger partial charge in [0.05, 0.1) is 22.9 Å². The average molecular weight is 491 g/mol. The number of likely N-dealkylation sites (tertiary alicyclic amines) is 1. The monoisotopic (exact) mass is 490 g/mol. The molecule has 6 heterocycles. The van der Waals surface area contributed by atoms with Gasteiger partial charge in [-0.3, -0.25) is 20.0 Å². The topological polar surface area (TPSA) is 73.5 Å². The SMILES string of the molecule is Cc1ccc(-c2cncc3[nH]c(-c4n[nH]c5ccc(-c6cncc(CN7CCCC7)c6)cc45)cc23)s1. The minimum Gasteiger partial charge on any atom is -0.352 e. The lowest BCUT2D eigenvalue weighted by Gasteiger charge is -2.14. The molecule has 0 aliphatic carbocycles. The van der Waals surface area contributed by atoms with Gasteiger partial charge in [-0.05, 0) is 80.4 Å². The summed E-state index contributed by atoms with van der Waals surface area (Å²) < 4.78 is 0. The fourth-order valence-electron chi connectivity index (χ4n) is 5.28. The quantitative estimate of drug-likeness (QED) is 0.279. The van der Waals surface area contributed by atoms with Crippen molar-refractivity contribution in [2.24, 2.45) is 0 Å². The molecule has 7 heteroatoms. The summed E-state index contributed by atoms with van der Waals surface area (Å²) in [5.74, 6) is 0. The molecule has 0 unspecified atom stereocenters. The van der Waals surface area contributed by atoms with Crippen LogP contribution >= 0.6 is 11.3 Å². The zero-order chi connectivity index (χ0) is 24.1. The highest BCUT2D eigenvalue weighted by Crippen LogP contribution is 2.37. The van der Waals surface area contributed by atoms with Gasteiger partial charge in [-0.2, -0.15) is 5.10 Å². The van der Waals surface area contributed by atoms with Gasteiger partial charge >= 0.3 is 0 Å². The third kappa shape index (κ3) is 3.81. The number of aryl methyl sites for hydroxylation is 1. The number of aromatic amines is 2. The Hall–Kier alpha value is -3.81. The third-order valence-electron chi connectivity index (χ3n) is 7.10. The number of H-pyrrole nitrogens is 2. The van der Waals surface area contributed by atoms with Crippen molar-refractivity contribution in [1.82, 2.24) is 30.0 Å². The van der Waals surface area contributed by atoms with Crippen molar-refractivity contribution in [3.05, 3.63) is 77.7 Å². The molecule has 0 saturated carbocycles. The van der Waals surface area contributed by atoms with Gasteiger partial charge in [0, 0.05) is 56.8 Å². The van der Waals surface area contributed by atoms with Crippen LogP contribution in [0.4, 0.5) is 0 Å². The number of pyridine rings is 2. The molecule has 7 rings (SSSR count). The van der Waals surface area contributed by atoms with Crippen molar-refractivity contribution >= 4 is 33.1 Å². The van der Waals surface area contributed by atoms with E-state index in [0.29, 0.717) is 0 Å². The lowest BCUT2D eigenvalue weighted by atomic mass is 10.0. The highest BCUT2D eigenvalue weighted by molar-refractivity contribution is 7.15. The standard InChI is InChI=1S/C29H26N6S/c1-18-4-7-28(36-18)24-15-31-16-27-22(24)12-26(32-27)29-23-11-20(5-6-25(23)33-34-29)21-10-19(13-30-14-21)17-35-8-2-3-9-35/h4-7,10-16,32H,2-3,8-9,17H2,1H3,(H,33,34). The van der Waals surface area contributed by atoms with Crippen LogP contribution in [0.25, 0.3) is 54.8 Å². The fourth-order valence-corrected chi connectivity index (χ4v) is 6.18. The Morgan fingerprint density at radius 2 is 1.75 bits per heavy atom. The van der Waals surface area contributed by atoms with Crippen LogP contribution in [-0.2, 0) is 6.54 Å². The summed E-state index contributed by atoms with van der Waals surface area (Å²) in [6, 6.07) is 15.3. The predicted molar refractivity (Wildman–Crippen MR) is 147 cm³/mol. The van der Waals surface area contributed by atoms with E-state index in [4.69, 9.17) is 5.10 Å². The maximum Gasteiger partial charge on any atom is 0.116 e. The number of benzene rings is 1. The molecule has 6 nitrogen and oxygen atoms in total. The van der Waals surface area contributed by atoms with Crippen LogP contribution in [0, 0.1) is 6.92 Å². The van der Waals surface area contributed by atoms with Crippen LogP contribution in [0.1, 0.15) is 23.3 Å². The first-order valence-corrected chi connectivity index (χ1v) is 13.2. The molecule has 1 saturated heterocycles. The number of fused-ring (bicyclic) bond motifs is 2. The smallest absolute Gasteiger partial charge is 0.116 e. The van der Waals surface area contributed by atoms with Gasteiger partial charge in [0.15, 0.2) is 0 Å². The molecule has 178 valence electrons. The Labute approximate surface area is 213 Å². The lowest BCUT2D eigenvalue weighted by molar-refractivity contribution is 0.331. The summed E-state index contributed by atoms with van der Waals surface area (Å²) in [5.41, 5.74) is 8.62. The Bertz CT molecular complexity index is 1700. The molecule has 1 aliphatic heterocycles. The second-order valence-corrected chi connectivity index (χ2v) is 10.9. The van der Waals surface area contributed by atoms with Gasteiger partial charge in [-0.15, -0.1) is 11.3 Å². The number of hydrogen-bond acceptors (Lipinski definition) is 5. The highest BCUT2D eigenvalue weighted by atomic mass is 32.1. The van der Waals surface area contributed by atoms with Crippen LogP contribution in [0.2, 0.25) is 0 Å². The molecule has 0 spiro atoms. The molecule has 1 aromatic carbocycles. The molecule has 5 aromatic heterocycles. The van der Waals surface area contributed by atoms with E-state index in [-0.39, 0.29) is 0 Å². The zero-order valence-electron chi connectivity index (χ0n) is 20.1. The molecule has 6 aromatic rings. The minimum atomic E-state index is 0.914. The molecular formula is C29H26N6S. The van der Waals surface area contributed by atoms with Crippen molar-refractivity contribution in [3.8, 4) is 33.0 Å². The molecule has 0 radical (unpaired) electrons. The Balaban J connectivity index is 1.28. The van der Waals surface area contributed by atoms with Crippen molar-refractivity contribution in [1.29, 1.82) is 0 Å². The third-order valence-corrected chi connectivity index (χ3v) is 8.14. The number of rotatable bonds is 5. The van der Waals surface area contributed by atoms with E-state index in [1.54, 1.807) is 11.3 Å². The average Bonchev–Trinajstić information content (AvgIpc) is 3.70. The zero-order valence-corrected chi connectivity index (χ0v) is 20.9. The Morgan fingerprint density at radius 1 is 0.861 bits per heavy atom. The van der Waals surface area contributed by atoms with Crippen LogP contribution < -0.4 is 0 Å². The van der Waals surface area contributed by atoms with Crippen molar-refractivity contribution < 1.29 is 0 Å². The summed E-state index contributed by atoms with van der Waals surface area (Å²) in [5, 5.41) is 10.2. The largest absolute Gasteiger partial charge is 0.352 e. The predicted octanol–water partition coefficient (Wildman–Crippen LogP) is 6.80. The van der Waals surface area contributed by atoms with Crippen LogP contribution in [-0.4, -0.2) is 43.1 Å². The van der Waals surface area contributed by atoms with Gasteiger partial charge in [0.1, 0.15) is 5.69 Å². The number of nitrogens with zero attached hydrogens (tertiary/aromatic N) is 4. The molecule has 1 aliphatic rings. The minimum absolute atomic E-state index is 0.914. The number of aromatic nitrogens is 5. The molecule has 36 heavy (non-hydrogen) atoms. The van der Waals surface area contributed by atoms with E-state index >= 15 is 0 Å². The van der Waals surface area contributed by atoms with E-state index in [1.165, 1.54) is 41.2 Å². The van der Waals surface area contributed by atoms with E-state index in [2.05, 4.69) is 74.3 Å². The molecule has 0 atom stereocenters. The van der Waals surface area contributed by atoms with Gasteiger partial charge in [0.25, 0.3) is 0 Å². The second-order valence-electron chi connectivity index (χ2n) is 9.64. The van der Waals surface area contributed by atoms with Gasteiger partial charge in [0.2, 0.25) is 0 Å². The number of thiophene rings is 1. The lowest BCUT2D eigenvalue weighted by Crippen LogP contribution is -2.18. The Kier molecular flexibility index (Phi) is 5.18. The molecule has 1 fully saturated rings. The number of hydrogen-bond donors (Lipinski definition) is 2. The van der Waals surface area contributed by atoms with Gasteiger partial charge < -0.3 is 4.98 Å². The maximum absolute atomic E-state index is 4.69. The van der Waals surface area contributed by atoms with E-state index in [0.717, 1.165) is 56.4 Å². The first kappa shape index (κ1) is 21.5. The highest BCUT2D eigenvalue weighted by Gasteiger charge is 2.16. The first-order valence-electron chi connectivity index (χ1n) is 12.4. The summed E-state index contributed by atoms with van der Waals surface area (Å²) in [4.78, 5) is 17.6. The molecule has 0 bridgehead atoms. The van der Waals surface area contributed by atoms with E-state index in [9.17, 15) is 0 Å². The molecular weight excluding hydrogens is 464 g/mol. The second kappa shape index (κ2) is 8.69. The van der Waals surface area contributed by atoms with Crippen LogP contribution in [0.15, 0.2) is 67.3 Å². The van der Waals surface area contributed by atoms with Crippen molar-refractivity contribution in [2.45, 2.75) is 26.3 Å². The molecule has 0 amide bonds. The van der Waals surface area contributed by atoms with E-state index < -0.39 is 0 Å². The fraction of sp³-hybridized carbons (Fsp3) is 0.207. The summed E-state index contributed by atoms with van der Waals surface area (Å²) >= 11 is 1.79. The van der Waals surface area contributed by atoms with Crippen LogP contribution in [0.5, 0.6) is 0 Å². The normalized spacial score (nSPS) is 14.4. The number of nitrogens with one attached hydrogen (secondary N) is 2. The summed E-state index contributed by atoms with van der Waals surface area (Å²) in [7, 11) is 0. The Morgan fingerprint density at radius 3 is 2.61 bits per heavy atom. The van der Waals surface area contributed by atoms with Gasteiger partial charge in [-0.25, -0.2) is 0 Å². The summed E-state index contributed by atoms with van der Waals surface area (Å²) in [6.07, 6.45) is 10.4. The first-order chi connectivity index (χ1) is 17.7. The summed E-state index contributed by atoms with van der Waals surface area (Å²) in [6.45, 7) is 5.47. The van der Waals surface area contributed by atoms with Crippen molar-refractivity contribution in [3.63, 3.8) is 0 Å². The maximum atomic E-state index is 4.69. The van der Waals surface area contributed by atoms with Crippen molar-refractivity contribution in [2.75, 3.05) is 13.1 Å². The molecule has 2 N–H and O–H groups in total. The van der Waals surface area contributed by atoms with Gasteiger partial charge in [-0.1, -0.05) is 6.07 Å². The van der Waals surface area contributed by atoms with E-state index in [1.807, 2.05) is 24.8 Å².